The van der Waals surface area contributed by atoms with E-state index in [2.05, 4.69) is 15.6 Å². The quantitative estimate of drug-likeness (QED) is 0.640. The predicted octanol–water partition coefficient (Wildman–Crippen LogP) is 2.57. The van der Waals surface area contributed by atoms with E-state index in [-0.39, 0.29) is 17.0 Å². The molecule has 1 aliphatic heterocycles. The van der Waals surface area contributed by atoms with Crippen LogP contribution in [0.4, 0.5) is 11.4 Å². The molecule has 0 bridgehead atoms. The highest BCUT2D eigenvalue weighted by Crippen LogP contribution is 2.24. The summed E-state index contributed by atoms with van der Waals surface area (Å²) < 4.78 is 0. The number of amides is 4. The highest BCUT2D eigenvalue weighted by Gasteiger charge is 2.36. The van der Waals surface area contributed by atoms with Gasteiger partial charge < -0.3 is 10.6 Å². The third-order valence-corrected chi connectivity index (χ3v) is 4.55. The fourth-order valence-corrected chi connectivity index (χ4v) is 3.11. The Labute approximate surface area is 171 Å². The van der Waals surface area contributed by atoms with Crippen molar-refractivity contribution in [3.05, 3.63) is 89.7 Å². The Balaban J connectivity index is 1.46. The fraction of sp³-hybridized carbons (Fsp3) is 0.0455. The predicted molar refractivity (Wildman–Crippen MR) is 109 cm³/mol. The summed E-state index contributed by atoms with van der Waals surface area (Å²) in [6.07, 6.45) is 2.99. The van der Waals surface area contributed by atoms with Gasteiger partial charge in [-0.3, -0.25) is 29.1 Å². The van der Waals surface area contributed by atoms with Crippen LogP contribution >= 0.6 is 0 Å². The molecule has 2 aromatic carbocycles. The lowest BCUT2D eigenvalue weighted by molar-refractivity contribution is -0.116. The number of imide groups is 1. The largest absolute Gasteiger partial charge is 0.323 e. The maximum Gasteiger partial charge on any atom is 0.262 e. The normalized spacial score (nSPS) is 12.5. The first-order valence-corrected chi connectivity index (χ1v) is 9.10. The fourth-order valence-electron chi connectivity index (χ4n) is 3.11. The first-order chi connectivity index (χ1) is 14.5. The molecule has 0 saturated carbocycles. The van der Waals surface area contributed by atoms with E-state index in [4.69, 9.17) is 0 Å². The molecule has 0 unspecified atom stereocenters. The molecule has 8 nitrogen and oxygen atoms in total. The van der Waals surface area contributed by atoms with Gasteiger partial charge in [0.2, 0.25) is 5.91 Å². The molecule has 148 valence electrons. The van der Waals surface area contributed by atoms with E-state index in [0.29, 0.717) is 16.9 Å². The van der Waals surface area contributed by atoms with Crippen LogP contribution in [0.1, 0.15) is 31.1 Å². The van der Waals surface area contributed by atoms with Gasteiger partial charge in [-0.1, -0.05) is 24.3 Å². The van der Waals surface area contributed by atoms with Gasteiger partial charge in [-0.2, -0.15) is 0 Å². The zero-order valence-corrected chi connectivity index (χ0v) is 15.7. The van der Waals surface area contributed by atoms with Gasteiger partial charge in [-0.25, -0.2) is 0 Å². The second-order valence-corrected chi connectivity index (χ2v) is 6.53. The molecule has 2 heterocycles. The topological polar surface area (TPSA) is 108 Å². The molecule has 3 aromatic rings. The summed E-state index contributed by atoms with van der Waals surface area (Å²) in [6, 6.07) is 16.3. The average molecular weight is 400 g/mol. The van der Waals surface area contributed by atoms with Crippen molar-refractivity contribution < 1.29 is 19.2 Å². The Morgan fingerprint density at radius 3 is 2.00 bits per heavy atom. The van der Waals surface area contributed by atoms with E-state index >= 15 is 0 Å². The number of para-hydroxylation sites is 2. The number of carbonyl (C=O) groups excluding carboxylic acids is 4. The summed E-state index contributed by atoms with van der Waals surface area (Å²) in [6.45, 7) is -0.433. The van der Waals surface area contributed by atoms with Crippen LogP contribution in [0.15, 0.2) is 73.1 Å². The molecule has 4 rings (SSSR count). The average Bonchev–Trinajstić information content (AvgIpc) is 3.01. The molecular formula is C22H16N4O4. The van der Waals surface area contributed by atoms with Gasteiger partial charge in [0, 0.05) is 12.4 Å². The number of nitrogens with zero attached hydrogens (tertiary/aromatic N) is 2. The van der Waals surface area contributed by atoms with Crippen molar-refractivity contribution in [3.63, 3.8) is 0 Å². The molecule has 0 atom stereocenters. The lowest BCUT2D eigenvalue weighted by Gasteiger charge is -2.16. The molecule has 1 aliphatic rings. The first kappa shape index (κ1) is 19.0. The van der Waals surface area contributed by atoms with Crippen LogP contribution in [0.25, 0.3) is 0 Å². The number of fused-ring (bicyclic) bond motifs is 1. The number of nitrogens with one attached hydrogen (secondary N) is 2. The number of carbonyl (C=O) groups is 4. The Hall–Kier alpha value is -4.33. The van der Waals surface area contributed by atoms with Crippen LogP contribution in [0.5, 0.6) is 0 Å². The summed E-state index contributed by atoms with van der Waals surface area (Å²) in [7, 11) is 0. The number of pyridine rings is 1. The lowest BCUT2D eigenvalue weighted by atomic mass is 10.1. The van der Waals surface area contributed by atoms with E-state index in [1.807, 2.05) is 0 Å². The monoisotopic (exact) mass is 400 g/mol. The molecule has 0 radical (unpaired) electrons. The third kappa shape index (κ3) is 3.66. The summed E-state index contributed by atoms with van der Waals surface area (Å²) >= 11 is 0. The van der Waals surface area contributed by atoms with Gasteiger partial charge in [-0.05, 0) is 36.4 Å². The highest BCUT2D eigenvalue weighted by molar-refractivity contribution is 6.22. The van der Waals surface area contributed by atoms with Gasteiger partial charge in [0.15, 0.2) is 0 Å². The number of anilines is 2. The van der Waals surface area contributed by atoms with E-state index in [1.54, 1.807) is 66.9 Å². The Kier molecular flexibility index (Phi) is 5.04. The zero-order chi connectivity index (χ0) is 21.1. The van der Waals surface area contributed by atoms with E-state index in [0.717, 1.165) is 4.90 Å². The molecule has 30 heavy (non-hydrogen) atoms. The third-order valence-electron chi connectivity index (χ3n) is 4.55. The number of hydrogen-bond donors (Lipinski definition) is 2. The van der Waals surface area contributed by atoms with Gasteiger partial charge in [0.05, 0.1) is 28.1 Å². The minimum atomic E-state index is -0.562. The van der Waals surface area contributed by atoms with E-state index < -0.39 is 24.3 Å². The number of rotatable bonds is 5. The Bertz CT molecular complexity index is 1130. The van der Waals surface area contributed by atoms with Gasteiger partial charge >= 0.3 is 0 Å². The molecule has 1 aromatic heterocycles. The Morgan fingerprint density at radius 1 is 0.800 bits per heavy atom. The molecule has 0 spiro atoms. The maximum atomic E-state index is 12.5. The molecule has 4 amide bonds. The Morgan fingerprint density at radius 2 is 1.40 bits per heavy atom. The number of hydrogen-bond acceptors (Lipinski definition) is 5. The second kappa shape index (κ2) is 7.96. The zero-order valence-electron chi connectivity index (χ0n) is 15.7. The van der Waals surface area contributed by atoms with Crippen molar-refractivity contribution in [2.24, 2.45) is 0 Å². The van der Waals surface area contributed by atoms with Crippen molar-refractivity contribution in [2.75, 3.05) is 17.2 Å². The number of aromatic nitrogens is 1. The van der Waals surface area contributed by atoms with Crippen molar-refractivity contribution >= 4 is 35.0 Å². The summed E-state index contributed by atoms with van der Waals surface area (Å²) in [5.74, 6) is -1.97. The lowest BCUT2D eigenvalue weighted by Crippen LogP contribution is -2.37. The SMILES string of the molecule is O=C(CN1C(=O)c2ccccc2C1=O)Nc1ccccc1NC(=O)c1cccnc1. The minimum absolute atomic E-state index is 0.277. The molecule has 0 aliphatic carbocycles. The molecular weight excluding hydrogens is 384 g/mol. The number of benzene rings is 2. The van der Waals surface area contributed by atoms with Crippen LogP contribution in [-0.2, 0) is 4.79 Å². The van der Waals surface area contributed by atoms with Crippen LogP contribution in [-0.4, -0.2) is 40.1 Å². The van der Waals surface area contributed by atoms with E-state index in [1.165, 1.54) is 6.20 Å². The van der Waals surface area contributed by atoms with Gasteiger partial charge in [-0.15, -0.1) is 0 Å². The summed E-state index contributed by atoms with van der Waals surface area (Å²) in [5, 5.41) is 5.36. The summed E-state index contributed by atoms with van der Waals surface area (Å²) in [4.78, 5) is 54.6. The van der Waals surface area contributed by atoms with Crippen molar-refractivity contribution in [1.82, 2.24) is 9.88 Å². The minimum Gasteiger partial charge on any atom is -0.323 e. The smallest absolute Gasteiger partial charge is 0.262 e. The van der Waals surface area contributed by atoms with Crippen LogP contribution < -0.4 is 10.6 Å². The maximum absolute atomic E-state index is 12.5. The molecule has 0 saturated heterocycles. The van der Waals surface area contributed by atoms with Gasteiger partial charge in [0.25, 0.3) is 17.7 Å². The standard InChI is InChI=1S/C22H16N4O4/c27-19(13-26-21(29)15-7-1-2-8-16(15)22(26)30)24-17-9-3-4-10-18(17)25-20(28)14-6-5-11-23-12-14/h1-12H,13H2,(H,24,27)(H,25,28). The summed E-state index contributed by atoms with van der Waals surface area (Å²) in [5.41, 5.74) is 1.64. The molecule has 8 heteroatoms. The van der Waals surface area contributed by atoms with Gasteiger partial charge in [0.1, 0.15) is 6.54 Å². The van der Waals surface area contributed by atoms with E-state index in [9.17, 15) is 19.2 Å². The molecule has 0 fully saturated rings. The second-order valence-electron chi connectivity index (χ2n) is 6.53. The van der Waals surface area contributed by atoms with Crippen LogP contribution in [0.3, 0.4) is 0 Å². The van der Waals surface area contributed by atoms with Crippen LogP contribution in [0, 0.1) is 0 Å². The highest BCUT2D eigenvalue weighted by atomic mass is 16.2. The molecule has 2 N–H and O–H groups in total. The van der Waals surface area contributed by atoms with Crippen LogP contribution in [0.2, 0.25) is 0 Å². The van der Waals surface area contributed by atoms with Crippen molar-refractivity contribution in [1.29, 1.82) is 0 Å². The first-order valence-electron chi connectivity index (χ1n) is 9.10. The van der Waals surface area contributed by atoms with Crippen molar-refractivity contribution in [3.8, 4) is 0 Å². The van der Waals surface area contributed by atoms with Crippen molar-refractivity contribution in [2.45, 2.75) is 0 Å².